The first-order valence-corrected chi connectivity index (χ1v) is 8.72. The van der Waals surface area contributed by atoms with Gasteiger partial charge in [0, 0.05) is 0 Å². The van der Waals surface area contributed by atoms with Gasteiger partial charge in [0.05, 0.1) is 0 Å². The van der Waals surface area contributed by atoms with E-state index in [-0.39, 0.29) is 0 Å². The maximum atomic E-state index is 3.36. The van der Waals surface area contributed by atoms with E-state index < -0.39 is 0 Å². The zero-order chi connectivity index (χ0) is 20.0. The Morgan fingerprint density at radius 2 is 0.769 bits per heavy atom. The standard InChI is InChI=1S/C8H10.C7H8.C6H6.C3H6.C2H4/c1-7-5-3-4-6-8(7)2;1-7-5-3-2-4-6-7;1-2-4-6-5-3-1;1-3-2;1-2/h3-6H,1-2H3;2-6H,1H3;1-6H;3H,1H2,2H3;1-2H2. The molecule has 0 aliphatic rings. The van der Waals surface area contributed by atoms with E-state index >= 15 is 0 Å². The van der Waals surface area contributed by atoms with Crippen molar-refractivity contribution in [3.8, 4) is 0 Å². The molecule has 0 unspecified atom stereocenters. The quantitative estimate of drug-likeness (QED) is 0.362. The van der Waals surface area contributed by atoms with Gasteiger partial charge in [-0.2, -0.15) is 0 Å². The lowest BCUT2D eigenvalue weighted by atomic mass is 10.1. The van der Waals surface area contributed by atoms with Crippen LogP contribution in [-0.4, -0.2) is 0 Å². The molecule has 0 saturated carbocycles. The van der Waals surface area contributed by atoms with Gasteiger partial charge in [-0.3, -0.25) is 0 Å². The highest BCUT2D eigenvalue weighted by Crippen LogP contribution is 2.02. The van der Waals surface area contributed by atoms with Gasteiger partial charge in [-0.05, 0) is 38.8 Å². The van der Waals surface area contributed by atoms with Crippen molar-refractivity contribution in [3.63, 3.8) is 0 Å². The monoisotopic (exact) mass is 346 g/mol. The van der Waals surface area contributed by atoms with Crippen molar-refractivity contribution in [1.29, 1.82) is 0 Å². The van der Waals surface area contributed by atoms with Crippen molar-refractivity contribution >= 4 is 0 Å². The summed E-state index contributed by atoms with van der Waals surface area (Å²) < 4.78 is 0. The lowest BCUT2D eigenvalue weighted by molar-refractivity contribution is 1.34. The lowest BCUT2D eigenvalue weighted by Crippen LogP contribution is -1.74. The molecule has 138 valence electrons. The van der Waals surface area contributed by atoms with Gasteiger partial charge in [-0.15, -0.1) is 19.7 Å². The predicted octanol–water partition coefficient (Wildman–Crippen LogP) is 7.98. The first-order valence-electron chi connectivity index (χ1n) is 8.72. The Morgan fingerprint density at radius 3 is 0.962 bits per heavy atom. The molecule has 26 heavy (non-hydrogen) atoms. The summed E-state index contributed by atoms with van der Waals surface area (Å²) in [5.41, 5.74) is 4.06. The zero-order valence-electron chi connectivity index (χ0n) is 16.9. The van der Waals surface area contributed by atoms with Gasteiger partial charge in [0.15, 0.2) is 0 Å². The maximum Gasteiger partial charge on any atom is -0.0395 e. The number of rotatable bonds is 0. The summed E-state index contributed by atoms with van der Waals surface area (Å²) in [6.07, 6.45) is 1.75. The molecule has 0 N–H and O–H groups in total. The Kier molecular flexibility index (Phi) is 19.7. The Morgan fingerprint density at radius 1 is 0.538 bits per heavy atom. The molecular weight excluding hydrogens is 312 g/mol. The molecule has 0 nitrogen and oxygen atoms in total. The number of hydrogen-bond donors (Lipinski definition) is 0. The molecule has 3 aromatic carbocycles. The second-order valence-corrected chi connectivity index (χ2v) is 5.30. The van der Waals surface area contributed by atoms with E-state index in [1.165, 1.54) is 16.7 Å². The fourth-order valence-corrected chi connectivity index (χ4v) is 1.58. The van der Waals surface area contributed by atoms with E-state index in [0.29, 0.717) is 0 Å². The highest BCUT2D eigenvalue weighted by atomic mass is 13.9. The molecule has 0 heterocycles. The fraction of sp³-hybridized carbons (Fsp3) is 0.154. The number of hydrogen-bond acceptors (Lipinski definition) is 0. The average molecular weight is 347 g/mol. The van der Waals surface area contributed by atoms with Crippen molar-refractivity contribution in [2.24, 2.45) is 0 Å². The number of aryl methyl sites for hydroxylation is 3. The first-order chi connectivity index (χ1) is 12.6. The highest BCUT2D eigenvalue weighted by molar-refractivity contribution is 5.23. The van der Waals surface area contributed by atoms with Crippen LogP contribution in [0.3, 0.4) is 0 Å². The Labute approximate surface area is 161 Å². The van der Waals surface area contributed by atoms with Crippen LogP contribution in [0.25, 0.3) is 0 Å². The van der Waals surface area contributed by atoms with Crippen molar-refractivity contribution < 1.29 is 0 Å². The van der Waals surface area contributed by atoms with Crippen LogP contribution < -0.4 is 0 Å². The molecular formula is C26H34. The molecule has 0 aliphatic carbocycles. The van der Waals surface area contributed by atoms with Crippen molar-refractivity contribution in [1.82, 2.24) is 0 Å². The molecule has 3 aromatic rings. The molecule has 0 aliphatic heterocycles. The molecule has 0 amide bonds. The summed E-state index contributed by atoms with van der Waals surface area (Å²) in [7, 11) is 0. The minimum Gasteiger partial charge on any atom is -0.106 e. The van der Waals surface area contributed by atoms with Gasteiger partial charge >= 0.3 is 0 Å². The van der Waals surface area contributed by atoms with Crippen LogP contribution in [0.2, 0.25) is 0 Å². The van der Waals surface area contributed by atoms with Gasteiger partial charge in [0.1, 0.15) is 0 Å². The highest BCUT2D eigenvalue weighted by Gasteiger charge is 1.83. The van der Waals surface area contributed by atoms with Crippen LogP contribution in [0.5, 0.6) is 0 Å². The molecule has 0 atom stereocenters. The third kappa shape index (κ3) is 17.5. The zero-order valence-corrected chi connectivity index (χ0v) is 16.9. The fourth-order valence-electron chi connectivity index (χ4n) is 1.58. The molecule has 0 bridgehead atoms. The van der Waals surface area contributed by atoms with Gasteiger partial charge < -0.3 is 0 Å². The summed E-state index contributed by atoms with van der Waals surface area (Å²) in [6, 6.07) is 30.6. The molecule has 0 fully saturated rings. The molecule has 0 radical (unpaired) electrons. The summed E-state index contributed by atoms with van der Waals surface area (Å²) in [4.78, 5) is 0. The van der Waals surface area contributed by atoms with Crippen molar-refractivity contribution in [3.05, 3.63) is 133 Å². The van der Waals surface area contributed by atoms with E-state index in [1.54, 1.807) is 6.08 Å². The molecule has 3 rings (SSSR count). The third-order valence-corrected chi connectivity index (χ3v) is 3.03. The Bertz CT molecular complexity index is 591. The SMILES string of the molecule is C=C.C=CC.Cc1ccccc1.Cc1ccccc1C.c1ccccc1. The summed E-state index contributed by atoms with van der Waals surface area (Å²) in [5.74, 6) is 0. The van der Waals surface area contributed by atoms with Gasteiger partial charge in [0.2, 0.25) is 0 Å². The van der Waals surface area contributed by atoms with Crippen LogP contribution in [0.15, 0.2) is 117 Å². The number of benzene rings is 3. The first kappa shape index (κ1) is 25.4. The number of allylic oxidation sites excluding steroid dienone is 1. The van der Waals surface area contributed by atoms with E-state index in [2.05, 4.69) is 76.9 Å². The summed E-state index contributed by atoms with van der Waals surface area (Å²) >= 11 is 0. The Hall–Kier alpha value is -2.86. The average Bonchev–Trinajstić information content (AvgIpc) is 2.69. The van der Waals surface area contributed by atoms with Crippen LogP contribution >= 0.6 is 0 Å². The van der Waals surface area contributed by atoms with E-state index in [1.807, 2.05) is 61.5 Å². The molecule has 0 aromatic heterocycles. The topological polar surface area (TPSA) is 0 Å². The Balaban J connectivity index is 0. The van der Waals surface area contributed by atoms with E-state index in [9.17, 15) is 0 Å². The smallest absolute Gasteiger partial charge is 0.0395 e. The summed E-state index contributed by atoms with van der Waals surface area (Å²) in [5, 5.41) is 0. The van der Waals surface area contributed by atoms with E-state index in [0.717, 1.165) is 0 Å². The predicted molar refractivity (Wildman–Crippen MR) is 121 cm³/mol. The van der Waals surface area contributed by atoms with Crippen molar-refractivity contribution in [2.45, 2.75) is 27.7 Å². The maximum absolute atomic E-state index is 3.36. The minimum atomic E-state index is 1.32. The lowest BCUT2D eigenvalue weighted by Gasteiger charge is -1.93. The molecule has 0 heteroatoms. The van der Waals surface area contributed by atoms with Crippen molar-refractivity contribution in [2.75, 3.05) is 0 Å². The van der Waals surface area contributed by atoms with Crippen LogP contribution in [-0.2, 0) is 0 Å². The minimum absolute atomic E-state index is 1.32. The second kappa shape index (κ2) is 20.2. The largest absolute Gasteiger partial charge is 0.106 e. The molecule has 0 spiro atoms. The normalized spacial score (nSPS) is 7.69. The van der Waals surface area contributed by atoms with Gasteiger partial charge in [-0.25, -0.2) is 0 Å². The summed E-state index contributed by atoms with van der Waals surface area (Å²) in [6.45, 7) is 17.6. The van der Waals surface area contributed by atoms with E-state index in [4.69, 9.17) is 0 Å². The van der Waals surface area contributed by atoms with Crippen LogP contribution in [0.1, 0.15) is 23.6 Å². The van der Waals surface area contributed by atoms with Crippen LogP contribution in [0.4, 0.5) is 0 Å². The van der Waals surface area contributed by atoms with Gasteiger partial charge in [0.25, 0.3) is 0 Å². The van der Waals surface area contributed by atoms with Gasteiger partial charge in [-0.1, -0.05) is 103 Å². The molecule has 0 saturated heterocycles. The second-order valence-electron chi connectivity index (χ2n) is 5.30. The third-order valence-electron chi connectivity index (χ3n) is 3.03. The van der Waals surface area contributed by atoms with Crippen LogP contribution in [0, 0.1) is 20.8 Å².